The van der Waals surface area contributed by atoms with Gasteiger partial charge >= 0.3 is 0 Å². The van der Waals surface area contributed by atoms with E-state index in [0.717, 1.165) is 24.3 Å². The summed E-state index contributed by atoms with van der Waals surface area (Å²) >= 11 is 0. The van der Waals surface area contributed by atoms with Crippen LogP contribution in [0.15, 0.2) is 78.9 Å². The van der Waals surface area contributed by atoms with Crippen molar-refractivity contribution in [3.8, 4) is 11.5 Å². The molecule has 0 aromatic heterocycles. The Morgan fingerprint density at radius 3 is 2.28 bits per heavy atom. The molecule has 2 nitrogen and oxygen atoms in total. The summed E-state index contributed by atoms with van der Waals surface area (Å²) in [4.78, 5) is 0. The lowest BCUT2D eigenvalue weighted by molar-refractivity contribution is 0.480. The number of ether oxygens (including phenoxy) is 1. The predicted molar refractivity (Wildman–Crippen MR) is 102 cm³/mol. The maximum atomic E-state index is 5.89. The third kappa shape index (κ3) is 3.45. The van der Waals surface area contributed by atoms with Crippen LogP contribution in [-0.4, -0.2) is 13.1 Å². The van der Waals surface area contributed by atoms with Crippen molar-refractivity contribution in [1.29, 1.82) is 0 Å². The Bertz CT molecular complexity index is 826. The lowest BCUT2D eigenvalue weighted by atomic mass is 9.91. The molecule has 0 amide bonds. The van der Waals surface area contributed by atoms with Gasteiger partial charge in [0, 0.05) is 12.0 Å². The highest BCUT2D eigenvalue weighted by atomic mass is 16.5. The second-order valence-corrected chi connectivity index (χ2v) is 6.67. The van der Waals surface area contributed by atoms with Crippen molar-refractivity contribution >= 4 is 0 Å². The molecular weight excluding hydrogens is 306 g/mol. The minimum atomic E-state index is 0.512. The SMILES string of the molecule is CNC1Cc2ccccc2C1Cc1ccc(Oc2ccccc2)cc1. The van der Waals surface area contributed by atoms with Gasteiger partial charge in [0.15, 0.2) is 0 Å². The minimum absolute atomic E-state index is 0.512. The van der Waals surface area contributed by atoms with E-state index in [0.29, 0.717) is 12.0 Å². The van der Waals surface area contributed by atoms with E-state index in [2.05, 4.69) is 60.9 Å². The zero-order chi connectivity index (χ0) is 17.1. The van der Waals surface area contributed by atoms with Gasteiger partial charge in [-0.15, -0.1) is 0 Å². The van der Waals surface area contributed by atoms with Crippen LogP contribution in [-0.2, 0) is 12.8 Å². The molecule has 2 unspecified atom stereocenters. The van der Waals surface area contributed by atoms with Crippen LogP contribution in [0.5, 0.6) is 11.5 Å². The molecule has 3 aromatic rings. The van der Waals surface area contributed by atoms with Gasteiger partial charge < -0.3 is 10.1 Å². The molecule has 0 saturated heterocycles. The van der Waals surface area contributed by atoms with Crippen LogP contribution >= 0.6 is 0 Å². The molecule has 126 valence electrons. The predicted octanol–water partition coefficient (Wildman–Crippen LogP) is 4.95. The summed E-state index contributed by atoms with van der Waals surface area (Å²) in [7, 11) is 2.07. The topological polar surface area (TPSA) is 21.3 Å². The summed E-state index contributed by atoms with van der Waals surface area (Å²) < 4.78 is 5.89. The monoisotopic (exact) mass is 329 g/mol. The highest BCUT2D eigenvalue weighted by Crippen LogP contribution is 2.36. The quantitative estimate of drug-likeness (QED) is 0.715. The van der Waals surface area contributed by atoms with Crippen LogP contribution in [0.25, 0.3) is 0 Å². The largest absolute Gasteiger partial charge is 0.457 e. The molecule has 1 aliphatic rings. The fourth-order valence-electron chi connectivity index (χ4n) is 3.81. The number of rotatable bonds is 5. The highest BCUT2D eigenvalue weighted by molar-refractivity contribution is 5.40. The fourth-order valence-corrected chi connectivity index (χ4v) is 3.81. The van der Waals surface area contributed by atoms with E-state index in [9.17, 15) is 0 Å². The van der Waals surface area contributed by atoms with E-state index in [-0.39, 0.29) is 0 Å². The first-order valence-corrected chi connectivity index (χ1v) is 8.90. The van der Waals surface area contributed by atoms with Crippen LogP contribution in [0.1, 0.15) is 22.6 Å². The van der Waals surface area contributed by atoms with Crippen molar-refractivity contribution in [3.63, 3.8) is 0 Å². The lowest BCUT2D eigenvalue weighted by Gasteiger charge is -2.20. The van der Waals surface area contributed by atoms with Gasteiger partial charge in [0.1, 0.15) is 11.5 Å². The third-order valence-electron chi connectivity index (χ3n) is 5.11. The van der Waals surface area contributed by atoms with Crippen molar-refractivity contribution in [2.75, 3.05) is 7.05 Å². The van der Waals surface area contributed by atoms with Crippen molar-refractivity contribution in [2.45, 2.75) is 24.8 Å². The molecule has 1 N–H and O–H groups in total. The molecule has 0 radical (unpaired) electrons. The second-order valence-electron chi connectivity index (χ2n) is 6.67. The number of fused-ring (bicyclic) bond motifs is 1. The average Bonchev–Trinajstić information content (AvgIpc) is 3.02. The first kappa shape index (κ1) is 15.9. The first-order chi connectivity index (χ1) is 12.3. The Balaban J connectivity index is 1.49. The fraction of sp³-hybridized carbons (Fsp3) is 0.217. The Labute approximate surface area is 149 Å². The zero-order valence-electron chi connectivity index (χ0n) is 14.5. The van der Waals surface area contributed by atoms with Crippen LogP contribution in [0.2, 0.25) is 0 Å². The maximum absolute atomic E-state index is 5.89. The van der Waals surface area contributed by atoms with Crippen molar-refractivity contribution in [3.05, 3.63) is 95.6 Å². The number of nitrogens with one attached hydrogen (secondary N) is 1. The minimum Gasteiger partial charge on any atom is -0.457 e. The Kier molecular flexibility index (Phi) is 4.53. The van der Waals surface area contributed by atoms with Crippen LogP contribution in [0, 0.1) is 0 Å². The van der Waals surface area contributed by atoms with Crippen molar-refractivity contribution in [2.24, 2.45) is 0 Å². The normalized spacial score (nSPS) is 18.8. The lowest BCUT2D eigenvalue weighted by Crippen LogP contribution is -2.30. The summed E-state index contributed by atoms with van der Waals surface area (Å²) in [6.45, 7) is 0. The van der Waals surface area contributed by atoms with Crippen molar-refractivity contribution in [1.82, 2.24) is 5.32 Å². The maximum Gasteiger partial charge on any atom is 0.127 e. The molecule has 0 heterocycles. The molecule has 2 heteroatoms. The molecule has 0 bridgehead atoms. The molecule has 0 fully saturated rings. The van der Waals surface area contributed by atoms with Crippen LogP contribution < -0.4 is 10.1 Å². The van der Waals surface area contributed by atoms with E-state index in [1.54, 1.807) is 0 Å². The molecule has 0 spiro atoms. The summed E-state index contributed by atoms with van der Waals surface area (Å²) in [5, 5.41) is 3.50. The summed E-state index contributed by atoms with van der Waals surface area (Å²) in [5.41, 5.74) is 4.32. The van der Waals surface area contributed by atoms with Gasteiger partial charge in [-0.05, 0) is 60.8 Å². The smallest absolute Gasteiger partial charge is 0.127 e. The molecule has 0 aliphatic heterocycles. The highest BCUT2D eigenvalue weighted by Gasteiger charge is 2.30. The molecule has 4 rings (SSSR count). The van der Waals surface area contributed by atoms with Gasteiger partial charge in [-0.2, -0.15) is 0 Å². The van der Waals surface area contributed by atoms with Crippen LogP contribution in [0.3, 0.4) is 0 Å². The number of benzene rings is 3. The van der Waals surface area contributed by atoms with Gasteiger partial charge in [0.25, 0.3) is 0 Å². The summed E-state index contributed by atoms with van der Waals surface area (Å²) in [6, 6.07) is 27.8. The number of para-hydroxylation sites is 1. The van der Waals surface area contributed by atoms with Gasteiger partial charge in [0.05, 0.1) is 0 Å². The molecular formula is C23H23NO. The Hall–Kier alpha value is -2.58. The zero-order valence-corrected chi connectivity index (χ0v) is 14.5. The van der Waals surface area contributed by atoms with E-state index in [4.69, 9.17) is 4.74 Å². The molecule has 2 atom stereocenters. The Morgan fingerprint density at radius 2 is 1.52 bits per heavy atom. The van der Waals surface area contributed by atoms with E-state index >= 15 is 0 Å². The van der Waals surface area contributed by atoms with Gasteiger partial charge in [0.2, 0.25) is 0 Å². The second kappa shape index (κ2) is 7.12. The van der Waals surface area contributed by atoms with Gasteiger partial charge in [-0.25, -0.2) is 0 Å². The summed E-state index contributed by atoms with van der Waals surface area (Å²) in [6.07, 6.45) is 2.17. The summed E-state index contributed by atoms with van der Waals surface area (Å²) in [5.74, 6) is 2.28. The van der Waals surface area contributed by atoms with E-state index in [1.165, 1.54) is 16.7 Å². The molecule has 1 aliphatic carbocycles. The Morgan fingerprint density at radius 1 is 0.840 bits per heavy atom. The van der Waals surface area contributed by atoms with Crippen LogP contribution in [0.4, 0.5) is 0 Å². The van der Waals surface area contributed by atoms with Crippen molar-refractivity contribution < 1.29 is 4.74 Å². The number of hydrogen-bond donors (Lipinski definition) is 1. The number of hydrogen-bond acceptors (Lipinski definition) is 2. The number of likely N-dealkylation sites (N-methyl/N-ethyl adjacent to an activating group) is 1. The van der Waals surface area contributed by atoms with E-state index < -0.39 is 0 Å². The van der Waals surface area contributed by atoms with Gasteiger partial charge in [-0.1, -0.05) is 54.6 Å². The average molecular weight is 329 g/mol. The molecule has 3 aromatic carbocycles. The van der Waals surface area contributed by atoms with Gasteiger partial charge in [-0.3, -0.25) is 0 Å². The molecule has 0 saturated carbocycles. The standard InChI is InChI=1S/C23H23NO/c1-24-23-16-18-7-5-6-10-21(18)22(23)15-17-11-13-20(14-12-17)25-19-8-3-2-4-9-19/h2-14,22-24H,15-16H2,1H3. The third-order valence-corrected chi connectivity index (χ3v) is 5.11. The first-order valence-electron chi connectivity index (χ1n) is 8.90. The molecule has 25 heavy (non-hydrogen) atoms. The van der Waals surface area contributed by atoms with E-state index in [1.807, 2.05) is 30.3 Å².